The van der Waals surface area contributed by atoms with E-state index < -0.39 is 9.84 Å². The summed E-state index contributed by atoms with van der Waals surface area (Å²) >= 11 is 2.50. The van der Waals surface area contributed by atoms with Crippen molar-refractivity contribution in [1.29, 1.82) is 5.41 Å². The first-order chi connectivity index (χ1) is 13.7. The highest BCUT2D eigenvalue weighted by Crippen LogP contribution is 2.37. The maximum atomic E-state index is 13.3. The van der Waals surface area contributed by atoms with E-state index in [4.69, 9.17) is 11.1 Å². The first-order valence-corrected chi connectivity index (χ1v) is 12.0. The van der Waals surface area contributed by atoms with Crippen LogP contribution in [0.25, 0.3) is 11.1 Å². The van der Waals surface area contributed by atoms with Crippen molar-refractivity contribution < 1.29 is 13.2 Å². The van der Waals surface area contributed by atoms with E-state index in [-0.39, 0.29) is 21.5 Å². The van der Waals surface area contributed by atoms with Gasteiger partial charge in [-0.3, -0.25) is 10.2 Å². The molecule has 0 aliphatic carbocycles. The Hall–Kier alpha value is -2.62. The fraction of sp³-hybridized carbons (Fsp3) is 0.100. The summed E-state index contributed by atoms with van der Waals surface area (Å²) in [7, 11) is -3.79. The fourth-order valence-corrected chi connectivity index (χ4v) is 6.67. The quantitative estimate of drug-likeness (QED) is 0.299. The molecule has 6 nitrogen and oxygen atoms in total. The van der Waals surface area contributed by atoms with E-state index in [9.17, 15) is 13.2 Å². The van der Waals surface area contributed by atoms with Gasteiger partial charge in [0.2, 0.25) is 15.7 Å². The maximum Gasteiger partial charge on any atom is 0.221 e. The molecule has 150 valence electrons. The third-order valence-corrected chi connectivity index (χ3v) is 8.40. The number of nitrogens with two attached hydrogens (primary N) is 1. The van der Waals surface area contributed by atoms with Crippen LogP contribution in [0.4, 0.5) is 5.69 Å². The molecule has 0 radical (unpaired) electrons. The molecule has 1 heterocycles. The highest BCUT2D eigenvalue weighted by Gasteiger charge is 2.25. The van der Waals surface area contributed by atoms with Crippen LogP contribution in [0.1, 0.15) is 11.8 Å². The predicted octanol–water partition coefficient (Wildman–Crippen LogP) is 4.21. The van der Waals surface area contributed by atoms with Crippen LogP contribution in [0.2, 0.25) is 0 Å². The molecule has 2 aromatic carbocycles. The second kappa shape index (κ2) is 8.40. The second-order valence-electron chi connectivity index (χ2n) is 6.17. The lowest BCUT2D eigenvalue weighted by Crippen LogP contribution is -2.08. The summed E-state index contributed by atoms with van der Waals surface area (Å²) in [6.07, 6.45) is 1.79. The van der Waals surface area contributed by atoms with Crippen LogP contribution < -0.4 is 11.1 Å². The summed E-state index contributed by atoms with van der Waals surface area (Å²) in [4.78, 5) is 12.0. The molecule has 0 unspecified atom stereocenters. The monoisotopic (exact) mass is 445 g/mol. The van der Waals surface area contributed by atoms with E-state index in [1.807, 2.05) is 12.1 Å². The molecule has 0 atom stereocenters. The first-order valence-electron chi connectivity index (χ1n) is 8.48. The Balaban J connectivity index is 2.06. The number of benzene rings is 2. The van der Waals surface area contributed by atoms with Gasteiger partial charge in [-0.1, -0.05) is 24.3 Å². The highest BCUT2D eigenvalue weighted by molar-refractivity contribution is 8.01. The van der Waals surface area contributed by atoms with Crippen molar-refractivity contribution >= 4 is 50.4 Å². The number of amidine groups is 1. The summed E-state index contributed by atoms with van der Waals surface area (Å²) in [5, 5.41) is 10.3. The van der Waals surface area contributed by atoms with Gasteiger partial charge in [0, 0.05) is 12.6 Å². The zero-order valence-corrected chi connectivity index (χ0v) is 18.2. The van der Waals surface area contributed by atoms with E-state index in [1.165, 1.54) is 36.1 Å². The van der Waals surface area contributed by atoms with Gasteiger partial charge < -0.3 is 11.1 Å². The summed E-state index contributed by atoms with van der Waals surface area (Å²) in [6.45, 7) is 1.43. The molecule has 0 saturated carbocycles. The Morgan fingerprint density at radius 3 is 2.38 bits per heavy atom. The van der Waals surface area contributed by atoms with Gasteiger partial charge in [-0.25, -0.2) is 8.42 Å². The third kappa shape index (κ3) is 4.52. The number of rotatable bonds is 6. The van der Waals surface area contributed by atoms with Crippen LogP contribution in [0.3, 0.4) is 0 Å². The van der Waals surface area contributed by atoms with Crippen LogP contribution in [-0.2, 0) is 14.6 Å². The topological polar surface area (TPSA) is 113 Å². The van der Waals surface area contributed by atoms with Crippen LogP contribution in [-0.4, -0.2) is 26.4 Å². The number of nitrogen functional groups attached to an aromatic ring is 1. The Morgan fingerprint density at radius 1 is 1.10 bits per heavy atom. The van der Waals surface area contributed by atoms with Crippen LogP contribution >= 0.6 is 23.1 Å². The lowest BCUT2D eigenvalue weighted by molar-refractivity contribution is -0.114. The van der Waals surface area contributed by atoms with Gasteiger partial charge in [0.1, 0.15) is 5.84 Å². The van der Waals surface area contributed by atoms with Crippen molar-refractivity contribution in [2.75, 3.05) is 11.6 Å². The number of sulfone groups is 1. The zero-order chi connectivity index (χ0) is 21.2. The molecular weight excluding hydrogens is 426 g/mol. The van der Waals surface area contributed by atoms with E-state index in [1.54, 1.807) is 42.7 Å². The zero-order valence-electron chi connectivity index (χ0n) is 15.7. The minimum atomic E-state index is -3.79. The van der Waals surface area contributed by atoms with Crippen molar-refractivity contribution in [3.63, 3.8) is 0 Å². The van der Waals surface area contributed by atoms with Crippen molar-refractivity contribution in [3.8, 4) is 11.1 Å². The van der Waals surface area contributed by atoms with Gasteiger partial charge in [-0.05, 0) is 47.7 Å². The Morgan fingerprint density at radius 2 is 1.76 bits per heavy atom. The summed E-state index contributed by atoms with van der Waals surface area (Å²) in [5.41, 5.74) is 7.68. The van der Waals surface area contributed by atoms with Gasteiger partial charge in [-0.15, -0.1) is 23.1 Å². The number of thiophene rings is 1. The van der Waals surface area contributed by atoms with Gasteiger partial charge >= 0.3 is 0 Å². The molecule has 0 spiro atoms. The second-order valence-corrected chi connectivity index (χ2v) is 10.2. The first kappa shape index (κ1) is 21.1. The standard InChI is InChI=1S/C20H19N3O3S3/c1-12(24)23-15-7-3-5-13(9-15)14-6-4-8-16(10-14)29(25,26)18-11-17(19(21)22)28-20(18)27-2/h3-11H,1-2H3,(H3,21,22)(H,23,24). The number of nitrogens with one attached hydrogen (secondary N) is 2. The number of hydrogen-bond acceptors (Lipinski definition) is 6. The van der Waals surface area contributed by atoms with Crippen LogP contribution in [0, 0.1) is 5.41 Å². The normalized spacial score (nSPS) is 11.2. The number of amides is 1. The molecule has 3 rings (SSSR count). The SMILES string of the molecule is CSc1sc(C(=N)N)cc1S(=O)(=O)c1cccc(-c2cccc(NC(C)=O)c2)c1. The number of thioether (sulfide) groups is 1. The Kier molecular flexibility index (Phi) is 6.11. The van der Waals surface area contributed by atoms with Crippen molar-refractivity contribution in [3.05, 3.63) is 59.5 Å². The number of carbonyl (C=O) groups is 1. The Labute approximate surface area is 177 Å². The van der Waals surface area contributed by atoms with Gasteiger partial charge in [0.25, 0.3) is 0 Å². The van der Waals surface area contributed by atoms with E-state index >= 15 is 0 Å². The number of hydrogen-bond donors (Lipinski definition) is 3. The van der Waals surface area contributed by atoms with E-state index in [0.717, 1.165) is 5.56 Å². The maximum absolute atomic E-state index is 13.3. The van der Waals surface area contributed by atoms with Gasteiger partial charge in [0.05, 0.1) is 18.9 Å². The molecule has 4 N–H and O–H groups in total. The minimum Gasteiger partial charge on any atom is -0.383 e. The van der Waals surface area contributed by atoms with Gasteiger partial charge in [-0.2, -0.15) is 0 Å². The largest absolute Gasteiger partial charge is 0.383 e. The molecule has 0 aliphatic heterocycles. The van der Waals surface area contributed by atoms with E-state index in [0.29, 0.717) is 20.3 Å². The van der Waals surface area contributed by atoms with E-state index in [2.05, 4.69) is 5.32 Å². The molecule has 1 aromatic heterocycles. The lowest BCUT2D eigenvalue weighted by Gasteiger charge is -2.09. The molecule has 9 heteroatoms. The number of carbonyl (C=O) groups excluding carboxylic acids is 1. The highest BCUT2D eigenvalue weighted by atomic mass is 32.2. The third-order valence-electron chi connectivity index (χ3n) is 4.07. The van der Waals surface area contributed by atoms with Crippen LogP contribution in [0.15, 0.2) is 68.6 Å². The van der Waals surface area contributed by atoms with Crippen molar-refractivity contribution in [2.45, 2.75) is 20.9 Å². The molecule has 1 amide bonds. The smallest absolute Gasteiger partial charge is 0.221 e. The van der Waals surface area contributed by atoms with Gasteiger partial charge in [0.15, 0.2) is 0 Å². The fourth-order valence-electron chi connectivity index (χ4n) is 2.77. The summed E-state index contributed by atoms with van der Waals surface area (Å²) in [5.74, 6) is -0.336. The average Bonchev–Trinajstić information content (AvgIpc) is 3.13. The summed E-state index contributed by atoms with van der Waals surface area (Å²) in [6, 6.07) is 15.3. The molecule has 29 heavy (non-hydrogen) atoms. The average molecular weight is 446 g/mol. The lowest BCUT2D eigenvalue weighted by atomic mass is 10.1. The molecule has 0 aliphatic rings. The molecule has 0 fully saturated rings. The Bertz CT molecular complexity index is 1200. The predicted molar refractivity (Wildman–Crippen MR) is 119 cm³/mol. The van der Waals surface area contributed by atoms with Crippen molar-refractivity contribution in [2.24, 2.45) is 5.73 Å². The molecule has 3 aromatic rings. The number of anilines is 1. The molecule has 0 bridgehead atoms. The summed E-state index contributed by atoms with van der Waals surface area (Å²) < 4.78 is 27.1. The minimum absolute atomic E-state index is 0.156. The molecule has 0 saturated heterocycles. The van der Waals surface area contributed by atoms with Crippen LogP contribution in [0.5, 0.6) is 0 Å². The molecular formula is C20H19N3O3S3. The van der Waals surface area contributed by atoms with Crippen molar-refractivity contribution in [1.82, 2.24) is 0 Å².